The predicted molar refractivity (Wildman–Crippen MR) is 77.6 cm³/mol. The Morgan fingerprint density at radius 2 is 2.00 bits per heavy atom. The molecule has 7 nitrogen and oxygen atoms in total. The highest BCUT2D eigenvalue weighted by Gasteiger charge is 2.25. The molecule has 0 aliphatic rings. The molecule has 2 atom stereocenters. The van der Waals surface area contributed by atoms with Crippen molar-refractivity contribution in [1.82, 2.24) is 5.32 Å². The Bertz CT molecular complexity index is 621. The number of benzene rings is 1. The van der Waals surface area contributed by atoms with E-state index >= 15 is 0 Å². The zero-order valence-corrected chi connectivity index (χ0v) is 12.3. The number of esters is 1. The largest absolute Gasteiger partial charge is 0.465 e. The van der Waals surface area contributed by atoms with Crippen LogP contribution in [-0.4, -0.2) is 30.9 Å². The van der Waals surface area contributed by atoms with Gasteiger partial charge in [0.05, 0.1) is 18.7 Å². The number of ether oxygens (including phenoxy) is 1. The first kappa shape index (κ1) is 17.2. The third kappa shape index (κ3) is 4.31. The summed E-state index contributed by atoms with van der Waals surface area (Å²) in [5, 5.41) is 11.2. The van der Waals surface area contributed by atoms with E-state index in [2.05, 4.69) is 10.1 Å². The van der Waals surface area contributed by atoms with Gasteiger partial charge in [-0.2, -0.15) is 5.26 Å². The second kappa shape index (κ2) is 7.78. The van der Waals surface area contributed by atoms with Crippen molar-refractivity contribution in [3.63, 3.8) is 0 Å². The van der Waals surface area contributed by atoms with Crippen molar-refractivity contribution in [2.24, 2.45) is 11.7 Å². The number of primary amides is 1. The molecule has 2 amide bonds. The second-order valence-corrected chi connectivity index (χ2v) is 4.77. The molecule has 116 valence electrons. The molecule has 1 aromatic carbocycles. The van der Waals surface area contributed by atoms with E-state index < -0.39 is 29.7 Å². The molecule has 7 heteroatoms. The minimum atomic E-state index is -0.964. The van der Waals surface area contributed by atoms with Gasteiger partial charge in [-0.3, -0.25) is 9.59 Å². The molecule has 0 fully saturated rings. The van der Waals surface area contributed by atoms with Crippen molar-refractivity contribution in [2.45, 2.75) is 19.4 Å². The lowest BCUT2D eigenvalue weighted by Crippen LogP contribution is -2.48. The molecule has 0 radical (unpaired) electrons. The minimum Gasteiger partial charge on any atom is -0.465 e. The summed E-state index contributed by atoms with van der Waals surface area (Å²) in [7, 11) is 1.24. The zero-order chi connectivity index (χ0) is 16.7. The summed E-state index contributed by atoms with van der Waals surface area (Å²) in [6.45, 7) is 1.64. The van der Waals surface area contributed by atoms with Gasteiger partial charge in [0.2, 0.25) is 5.91 Å². The maximum absolute atomic E-state index is 12.2. The number of carbonyl (C=O) groups excluding carboxylic acids is 3. The number of nitrogens with zero attached hydrogens (tertiary/aromatic N) is 1. The van der Waals surface area contributed by atoms with Gasteiger partial charge >= 0.3 is 5.97 Å². The van der Waals surface area contributed by atoms with Crippen molar-refractivity contribution in [3.8, 4) is 6.07 Å². The Morgan fingerprint density at radius 1 is 1.36 bits per heavy atom. The first-order valence-electron chi connectivity index (χ1n) is 6.56. The van der Waals surface area contributed by atoms with Crippen molar-refractivity contribution < 1.29 is 19.1 Å². The minimum absolute atomic E-state index is 0.0795. The van der Waals surface area contributed by atoms with Crippen LogP contribution in [0, 0.1) is 17.2 Å². The summed E-state index contributed by atoms with van der Waals surface area (Å²) in [6.07, 6.45) is 0.0795. The van der Waals surface area contributed by atoms with Crippen LogP contribution in [0.5, 0.6) is 0 Å². The van der Waals surface area contributed by atoms with E-state index in [-0.39, 0.29) is 17.5 Å². The Morgan fingerprint density at radius 3 is 2.55 bits per heavy atom. The van der Waals surface area contributed by atoms with Crippen molar-refractivity contribution in [3.05, 3.63) is 35.4 Å². The number of hydrogen-bond donors (Lipinski definition) is 2. The average Bonchev–Trinajstić information content (AvgIpc) is 2.51. The average molecular weight is 303 g/mol. The highest BCUT2D eigenvalue weighted by atomic mass is 16.5. The highest BCUT2D eigenvalue weighted by molar-refractivity contribution is 5.99. The lowest BCUT2D eigenvalue weighted by atomic mass is 9.98. The Balaban J connectivity index is 2.93. The first-order chi connectivity index (χ1) is 10.4. The fourth-order valence-electron chi connectivity index (χ4n) is 1.89. The molecule has 0 aliphatic heterocycles. The third-order valence-electron chi connectivity index (χ3n) is 3.12. The van der Waals surface area contributed by atoms with Crippen LogP contribution < -0.4 is 11.1 Å². The smallest absolute Gasteiger partial charge is 0.337 e. The fourth-order valence-corrected chi connectivity index (χ4v) is 1.89. The number of nitrogens with one attached hydrogen (secondary N) is 1. The van der Waals surface area contributed by atoms with Gasteiger partial charge < -0.3 is 15.8 Å². The van der Waals surface area contributed by atoms with Crippen LogP contribution in [0.2, 0.25) is 0 Å². The van der Waals surface area contributed by atoms with Crippen LogP contribution >= 0.6 is 0 Å². The third-order valence-corrected chi connectivity index (χ3v) is 3.12. The molecule has 0 aromatic heterocycles. The van der Waals surface area contributed by atoms with Crippen LogP contribution in [0.25, 0.3) is 0 Å². The Hall–Kier alpha value is -2.88. The molecule has 3 N–H and O–H groups in total. The number of amides is 2. The summed E-state index contributed by atoms with van der Waals surface area (Å²) in [5.74, 6) is -2.27. The van der Waals surface area contributed by atoms with Gasteiger partial charge in [-0.25, -0.2) is 4.79 Å². The standard InChI is InChI=1S/C15H17N3O4/c1-9(6-7-16)12(13(17)19)18-14(20)10-4-3-5-11(8-10)15(21)22-2/h3-5,8-9,12H,6H2,1-2H3,(H2,17,19)(H,18,20)/t9-,12-/m0/s1. The van der Waals surface area contributed by atoms with Gasteiger partial charge in [0.1, 0.15) is 6.04 Å². The van der Waals surface area contributed by atoms with E-state index in [9.17, 15) is 14.4 Å². The molecule has 0 unspecified atom stereocenters. The number of rotatable bonds is 6. The van der Waals surface area contributed by atoms with E-state index in [0.717, 1.165) is 0 Å². The van der Waals surface area contributed by atoms with Gasteiger partial charge in [-0.05, 0) is 24.1 Å². The fraction of sp³-hybridized carbons (Fsp3) is 0.333. The quantitative estimate of drug-likeness (QED) is 0.745. The van der Waals surface area contributed by atoms with E-state index in [1.807, 2.05) is 6.07 Å². The van der Waals surface area contributed by atoms with Gasteiger partial charge in [0.25, 0.3) is 5.91 Å². The van der Waals surface area contributed by atoms with Crippen molar-refractivity contribution in [2.75, 3.05) is 7.11 Å². The van der Waals surface area contributed by atoms with Crippen LogP contribution in [-0.2, 0) is 9.53 Å². The molecule has 1 rings (SSSR count). The van der Waals surface area contributed by atoms with Crippen molar-refractivity contribution in [1.29, 1.82) is 5.26 Å². The van der Waals surface area contributed by atoms with E-state index in [1.165, 1.54) is 31.4 Å². The molecule has 0 heterocycles. The van der Waals surface area contributed by atoms with Crippen LogP contribution in [0.1, 0.15) is 34.1 Å². The number of nitriles is 1. The van der Waals surface area contributed by atoms with Crippen molar-refractivity contribution >= 4 is 17.8 Å². The van der Waals surface area contributed by atoms with Crippen LogP contribution in [0.4, 0.5) is 0 Å². The number of nitrogens with two attached hydrogens (primary N) is 1. The van der Waals surface area contributed by atoms with Gasteiger partial charge in [-0.15, -0.1) is 0 Å². The maximum Gasteiger partial charge on any atom is 0.337 e. The number of methoxy groups -OCH3 is 1. The molecular formula is C15H17N3O4. The highest BCUT2D eigenvalue weighted by Crippen LogP contribution is 2.11. The Kier molecular flexibility index (Phi) is 6.08. The van der Waals surface area contributed by atoms with Gasteiger partial charge in [0, 0.05) is 12.0 Å². The SMILES string of the molecule is COC(=O)c1cccc(C(=O)N[C@H](C(N)=O)[C@@H](C)CC#N)c1. The second-order valence-electron chi connectivity index (χ2n) is 4.77. The van der Waals surface area contributed by atoms with E-state index in [4.69, 9.17) is 11.0 Å². The monoisotopic (exact) mass is 303 g/mol. The topological polar surface area (TPSA) is 122 Å². The summed E-state index contributed by atoms with van der Waals surface area (Å²) in [5.41, 5.74) is 5.67. The molecule has 1 aromatic rings. The lowest BCUT2D eigenvalue weighted by molar-refractivity contribution is -0.120. The van der Waals surface area contributed by atoms with Gasteiger partial charge in [0.15, 0.2) is 0 Å². The molecule has 0 aliphatic carbocycles. The lowest BCUT2D eigenvalue weighted by Gasteiger charge is -2.20. The molecule has 22 heavy (non-hydrogen) atoms. The molecule has 0 saturated carbocycles. The maximum atomic E-state index is 12.2. The Labute approximate surface area is 128 Å². The summed E-state index contributed by atoms with van der Waals surface area (Å²) in [4.78, 5) is 35.1. The molecular weight excluding hydrogens is 286 g/mol. The van der Waals surface area contributed by atoms with E-state index in [0.29, 0.717) is 0 Å². The zero-order valence-electron chi connectivity index (χ0n) is 12.3. The number of carbonyl (C=O) groups is 3. The first-order valence-corrected chi connectivity index (χ1v) is 6.56. The van der Waals surface area contributed by atoms with E-state index in [1.54, 1.807) is 6.92 Å². The summed E-state index contributed by atoms with van der Waals surface area (Å²) >= 11 is 0. The van der Waals surface area contributed by atoms with Crippen LogP contribution in [0.3, 0.4) is 0 Å². The molecule has 0 saturated heterocycles. The van der Waals surface area contributed by atoms with Gasteiger partial charge in [-0.1, -0.05) is 13.0 Å². The summed E-state index contributed by atoms with van der Waals surface area (Å²) < 4.78 is 4.58. The summed E-state index contributed by atoms with van der Waals surface area (Å²) in [6, 6.07) is 6.85. The molecule has 0 bridgehead atoms. The number of hydrogen-bond acceptors (Lipinski definition) is 5. The normalized spacial score (nSPS) is 12.6. The molecule has 0 spiro atoms. The van der Waals surface area contributed by atoms with Crippen LogP contribution in [0.15, 0.2) is 24.3 Å². The predicted octanol–water partition coefficient (Wildman–Crippen LogP) is 0.607.